The van der Waals surface area contributed by atoms with Crippen LogP contribution in [-0.4, -0.2) is 208 Å². The highest BCUT2D eigenvalue weighted by molar-refractivity contribution is 9.11. The van der Waals surface area contributed by atoms with Gasteiger partial charge in [-0.3, -0.25) is 0 Å². The first-order valence-corrected chi connectivity index (χ1v) is 32.6. The van der Waals surface area contributed by atoms with E-state index < -0.39 is 11.2 Å². The van der Waals surface area contributed by atoms with Gasteiger partial charge in [-0.15, -0.1) is 0 Å². The lowest BCUT2D eigenvalue weighted by molar-refractivity contribution is 0.0229. The zero-order valence-corrected chi connectivity index (χ0v) is 61.3. The minimum atomic E-state index is -0.544. The van der Waals surface area contributed by atoms with E-state index in [0.29, 0.717) is 192 Å². The summed E-state index contributed by atoms with van der Waals surface area (Å²) in [4.78, 5) is 69.0. The quantitative estimate of drug-likeness (QED) is 0.0759. The van der Waals surface area contributed by atoms with E-state index in [1.165, 1.54) is 28.4 Å². The molecule has 2 amide bonds. The summed E-state index contributed by atoms with van der Waals surface area (Å²) >= 11 is 12.7. The number of nitrogens with one attached hydrogen (secondary N) is 1. The van der Waals surface area contributed by atoms with Crippen molar-refractivity contribution < 1.29 is 57.0 Å². The van der Waals surface area contributed by atoms with E-state index in [-0.39, 0.29) is 28.9 Å². The summed E-state index contributed by atoms with van der Waals surface area (Å²) in [6, 6.07) is 11.1. The van der Waals surface area contributed by atoms with E-state index in [2.05, 4.69) is 84.2 Å². The maximum Gasteiger partial charge on any atom is 0.410 e. The van der Waals surface area contributed by atoms with E-state index in [0.717, 1.165) is 26.2 Å². The molecule has 0 bridgehead atoms. The van der Waals surface area contributed by atoms with Crippen molar-refractivity contribution in [2.75, 3.05) is 173 Å². The number of nitrogens with two attached hydrogens (primary N) is 4. The summed E-state index contributed by atoms with van der Waals surface area (Å²) in [6.45, 7) is 18.5. The van der Waals surface area contributed by atoms with Crippen LogP contribution in [-0.2, 0) is 9.47 Å². The highest BCUT2D eigenvalue weighted by atomic mass is 79.9. The third-order valence-electron chi connectivity index (χ3n) is 15.3. The predicted molar refractivity (Wildman–Crippen MR) is 383 cm³/mol. The van der Waals surface area contributed by atoms with Gasteiger partial charge in [0, 0.05) is 100 Å². The van der Waals surface area contributed by atoms with Crippen molar-refractivity contribution in [3.8, 4) is 58.1 Å². The van der Waals surface area contributed by atoms with Gasteiger partial charge in [-0.1, -0.05) is 0 Å². The second-order valence-electron chi connectivity index (χ2n) is 23.9. The van der Waals surface area contributed by atoms with E-state index in [1.54, 1.807) is 62.5 Å². The number of amides is 2. The molecule has 3 aliphatic rings. The zero-order valence-electron chi connectivity index (χ0n) is 57.3. The van der Waals surface area contributed by atoms with Crippen molar-refractivity contribution in [3.05, 3.63) is 49.6 Å². The Morgan fingerprint density at radius 3 is 1.05 bits per heavy atom. The number of nitriles is 2. The van der Waals surface area contributed by atoms with Gasteiger partial charge in [0.25, 0.3) is 0 Å². The molecule has 0 spiro atoms. The van der Waals surface area contributed by atoms with E-state index >= 15 is 0 Å². The Hall–Kier alpha value is -10.0. The number of methoxy groups -OCH3 is 8. The number of fused-ring (bicyclic) bond motifs is 4. The number of rotatable bonds is 11. The van der Waals surface area contributed by atoms with Gasteiger partial charge in [0.05, 0.1) is 87.9 Å². The minimum Gasteiger partial charge on any atom is -0.493 e. The number of aromatic nitrogens is 8. The third-order valence-corrected chi connectivity index (χ3v) is 17.0. The van der Waals surface area contributed by atoms with Crippen molar-refractivity contribution in [1.82, 2.24) is 55.0 Å². The van der Waals surface area contributed by atoms with Crippen LogP contribution in [0.5, 0.6) is 46.0 Å². The average molecular weight is 1520 g/mol. The summed E-state index contributed by atoms with van der Waals surface area (Å²) in [5.41, 5.74) is 25.8. The molecule has 0 atom stereocenters. The molecule has 3 saturated heterocycles. The normalized spacial score (nSPS) is 13.9. The molecule has 8 aromatic rings. The number of carbonyl (C=O) groups excluding carboxylic acids is 2. The fraction of sp³-hybridized carbons (Fsp3) is 0.438. The predicted octanol–water partition coefficient (Wildman–Crippen LogP) is 8.36. The Bertz CT molecular complexity index is 4400. The Balaban J connectivity index is 0.000000171. The van der Waals surface area contributed by atoms with E-state index in [1.807, 2.05) is 56.2 Å². The molecule has 0 saturated carbocycles. The summed E-state index contributed by atoms with van der Waals surface area (Å²) in [7, 11) is 12.2. The summed E-state index contributed by atoms with van der Waals surface area (Å²) in [6.07, 6.45) is -0.652. The molecule has 11 rings (SSSR count). The van der Waals surface area contributed by atoms with Crippen LogP contribution in [0, 0.1) is 22.7 Å². The Kier molecular flexibility index (Phi) is 24.2. The maximum atomic E-state index is 12.3. The molecule has 7 heterocycles. The van der Waals surface area contributed by atoms with Crippen molar-refractivity contribution >= 4 is 140 Å². The van der Waals surface area contributed by atoms with Gasteiger partial charge in [-0.05, 0) is 109 Å². The number of ether oxygens (including phenoxy) is 10. The second kappa shape index (κ2) is 32.1. The first-order chi connectivity index (χ1) is 47.1. The van der Waals surface area contributed by atoms with Crippen LogP contribution in [0.1, 0.15) is 52.7 Å². The van der Waals surface area contributed by atoms with E-state index in [4.69, 9.17) is 86.9 Å². The lowest BCUT2D eigenvalue weighted by Crippen LogP contribution is -2.50. The zero-order chi connectivity index (χ0) is 72.4. The summed E-state index contributed by atoms with van der Waals surface area (Å²) < 4.78 is 54.7. The number of nitrogens with zero attached hydrogens (tertiary/aromatic N) is 15. The number of hydrogen-bond donors (Lipinski definition) is 5. The minimum absolute atomic E-state index is 0.0860. The molecular formula is C64H79Br2ClN20O12. The van der Waals surface area contributed by atoms with Gasteiger partial charge in [0.1, 0.15) is 57.7 Å². The van der Waals surface area contributed by atoms with Crippen LogP contribution < -0.4 is 80.8 Å². The largest absolute Gasteiger partial charge is 0.493 e. The molecule has 9 N–H and O–H groups in total. The topological polar surface area (TPSA) is 409 Å². The lowest BCUT2D eigenvalue weighted by Gasteiger charge is -2.35. The third kappa shape index (κ3) is 16.9. The number of carbonyl (C=O) groups is 2. The molecule has 0 radical (unpaired) electrons. The van der Waals surface area contributed by atoms with Gasteiger partial charge in [0.2, 0.25) is 23.1 Å². The lowest BCUT2D eigenvalue weighted by atomic mass is 10.1. The summed E-state index contributed by atoms with van der Waals surface area (Å²) in [5, 5.41) is 25.0. The Morgan fingerprint density at radius 1 is 0.444 bits per heavy atom. The van der Waals surface area contributed by atoms with Crippen molar-refractivity contribution in [2.45, 2.75) is 52.7 Å². The second-order valence-corrected chi connectivity index (χ2v) is 25.8. The molecule has 35 heteroatoms. The molecule has 4 aromatic carbocycles. The van der Waals surface area contributed by atoms with Crippen molar-refractivity contribution in [3.63, 3.8) is 0 Å². The number of piperazine rings is 3. The van der Waals surface area contributed by atoms with Crippen LogP contribution in [0.3, 0.4) is 0 Å². The van der Waals surface area contributed by atoms with Gasteiger partial charge in [-0.25, -0.2) is 34.5 Å². The van der Waals surface area contributed by atoms with Crippen LogP contribution >= 0.6 is 43.5 Å². The van der Waals surface area contributed by atoms with Gasteiger partial charge in [-0.2, -0.15) is 25.5 Å². The first kappa shape index (κ1) is 74.8. The van der Waals surface area contributed by atoms with Crippen LogP contribution in [0.4, 0.5) is 50.7 Å². The molecule has 0 unspecified atom stereocenters. The smallest absolute Gasteiger partial charge is 0.410 e. The van der Waals surface area contributed by atoms with Crippen LogP contribution in [0.2, 0.25) is 5.28 Å². The molecule has 3 aliphatic heterocycles. The number of hydrogen-bond acceptors (Lipinski definition) is 30. The molecule has 99 heavy (non-hydrogen) atoms. The van der Waals surface area contributed by atoms with Gasteiger partial charge < -0.3 is 100 Å². The maximum absolute atomic E-state index is 12.3. The Labute approximate surface area is 593 Å². The number of anilines is 7. The first-order valence-electron chi connectivity index (χ1n) is 30.7. The van der Waals surface area contributed by atoms with Crippen LogP contribution in [0.15, 0.2) is 33.2 Å². The van der Waals surface area contributed by atoms with Crippen molar-refractivity contribution in [2.24, 2.45) is 0 Å². The molecule has 4 aromatic heterocycles. The number of nitrogen functional groups attached to an aromatic ring is 4. The molecule has 0 aliphatic carbocycles. The molecule has 3 fully saturated rings. The van der Waals surface area contributed by atoms with Gasteiger partial charge >= 0.3 is 12.2 Å². The number of halogens is 3. The molecule has 32 nitrogen and oxygen atoms in total. The molecule has 528 valence electrons. The monoisotopic (exact) mass is 1510 g/mol. The van der Waals surface area contributed by atoms with E-state index in [9.17, 15) is 20.1 Å². The fourth-order valence-electron chi connectivity index (χ4n) is 10.6. The fourth-order valence-corrected chi connectivity index (χ4v) is 12.1. The molecular weight excluding hydrogens is 1440 g/mol. The number of benzene rings is 4. The standard InChI is InChI=1S/C20H26N6O4.C19H26BrN5O4.C15H18N6O2.C10H9BrClN3O2/c1-20(2,3)30-19(27)26-8-6-25(7-9-26)18-23-15-12(17(22)24-18)10-14(28-4)16(29-5)13(15)11-21;1-19(2,3)29-18(26)25-8-6-24(7-9-25)17-22-14-11(16(21)23-17)10-12(27-4)15(28-5)13(14)20;1-22-11-7-9-12(10(8-16)13(11)23-2)19-15(20-14(9)17)21-5-3-18-4-6-21;1-16-5-3-4-7(6(11)8(5)17-2)14-10(12)15-9(4)13/h10H,6-9H2,1-5H3,(H2,22,23,24);10H,6-9H2,1-5H3,(H2,21,22,23);7,18H,3-6H2,1-2H3,(H2,17,19,20);3H,1-2H3,(H2,13,14,15). The summed E-state index contributed by atoms with van der Waals surface area (Å²) in [5.74, 6) is 6.26. The highest BCUT2D eigenvalue weighted by Crippen LogP contribution is 2.45. The highest BCUT2D eigenvalue weighted by Gasteiger charge is 2.31. The average Bonchev–Trinajstić information content (AvgIpc) is 0.785. The van der Waals surface area contributed by atoms with Crippen molar-refractivity contribution in [1.29, 1.82) is 10.5 Å². The Morgan fingerprint density at radius 2 is 0.737 bits per heavy atom. The van der Waals surface area contributed by atoms with Gasteiger partial charge in [0.15, 0.2) is 46.0 Å². The SMILES string of the molecule is COc1cc2c(N)nc(Cl)nc2c(Br)c1OC.COc1cc2c(N)nc(N3CCN(C(=O)OC(C)(C)C)CC3)nc2c(Br)c1OC.COc1cc2c(N)nc(N3CCN(C(=O)OC(C)(C)C)CC3)nc2c(C#N)c1OC.COc1cc2c(N)nc(N3CCNCC3)nc2c(C#N)c1OC. The van der Waals surface area contributed by atoms with Crippen LogP contribution in [0.25, 0.3) is 43.6 Å².